The third-order valence-corrected chi connectivity index (χ3v) is 4.24. The van der Waals surface area contributed by atoms with Crippen LogP contribution in [0.25, 0.3) is 0 Å². The number of carbonyl (C=O) groups excluding carboxylic acids is 3. The van der Waals surface area contributed by atoms with Gasteiger partial charge in [0, 0.05) is 24.2 Å². The Kier molecular flexibility index (Phi) is 5.90. The van der Waals surface area contributed by atoms with E-state index in [-0.39, 0.29) is 30.2 Å². The molecule has 1 N–H and O–H groups in total. The van der Waals surface area contributed by atoms with Gasteiger partial charge in [-0.25, -0.2) is 0 Å². The van der Waals surface area contributed by atoms with Crippen LogP contribution in [0.4, 0.5) is 5.69 Å². The molecule has 1 aliphatic carbocycles. The number of nitrogens with one attached hydrogen (secondary N) is 1. The predicted octanol–water partition coefficient (Wildman–Crippen LogP) is 2.69. The van der Waals surface area contributed by atoms with Crippen LogP contribution < -0.4 is 10.2 Å². The summed E-state index contributed by atoms with van der Waals surface area (Å²) in [6.45, 7) is 2.94. The van der Waals surface area contributed by atoms with Crippen LogP contribution in [0, 0.1) is 0 Å². The summed E-state index contributed by atoms with van der Waals surface area (Å²) >= 11 is 0. The van der Waals surface area contributed by atoms with Crippen LogP contribution in [-0.4, -0.2) is 30.2 Å². The number of hydrogen-bond donors (Lipinski definition) is 1. The molecule has 0 spiro atoms. The minimum Gasteiger partial charge on any atom is -0.352 e. The Labute approximate surface area is 137 Å². The summed E-state index contributed by atoms with van der Waals surface area (Å²) in [4.78, 5) is 36.8. The Balaban J connectivity index is 2.01. The molecular weight excluding hydrogens is 292 g/mol. The number of Topliss-reactive ketones (excluding diaryl/α,β-unsaturated/α-hetero) is 1. The maximum atomic E-state index is 12.2. The molecule has 0 unspecified atom stereocenters. The van der Waals surface area contributed by atoms with E-state index in [9.17, 15) is 14.4 Å². The Morgan fingerprint density at radius 1 is 1.04 bits per heavy atom. The van der Waals surface area contributed by atoms with E-state index in [1.54, 1.807) is 24.3 Å². The lowest BCUT2D eigenvalue weighted by Gasteiger charge is -2.25. The van der Waals surface area contributed by atoms with Crippen LogP contribution in [-0.2, 0) is 9.59 Å². The highest BCUT2D eigenvalue weighted by Crippen LogP contribution is 2.18. The molecule has 5 nitrogen and oxygen atoms in total. The van der Waals surface area contributed by atoms with Crippen LogP contribution in [0.5, 0.6) is 0 Å². The average molecular weight is 316 g/mol. The first kappa shape index (κ1) is 17.2. The van der Waals surface area contributed by atoms with Crippen molar-refractivity contribution >= 4 is 23.3 Å². The highest BCUT2D eigenvalue weighted by molar-refractivity contribution is 5.98. The molecule has 2 rings (SSSR count). The molecule has 0 bridgehead atoms. The van der Waals surface area contributed by atoms with Crippen LogP contribution in [0.1, 0.15) is 56.3 Å². The second-order valence-corrected chi connectivity index (χ2v) is 6.11. The quantitative estimate of drug-likeness (QED) is 0.849. The standard InChI is InChI=1S/C18H24N2O3/c1-13(21)15-8-10-17(11-9-15)20(14(2)22)12-18(23)19-16-6-4-3-5-7-16/h8-11,16H,3-7,12H2,1-2H3,(H,19,23). The zero-order valence-electron chi connectivity index (χ0n) is 13.8. The third-order valence-electron chi connectivity index (χ3n) is 4.24. The Morgan fingerprint density at radius 3 is 2.17 bits per heavy atom. The molecule has 0 saturated heterocycles. The van der Waals surface area contributed by atoms with Gasteiger partial charge < -0.3 is 10.2 Å². The molecular formula is C18H24N2O3. The van der Waals surface area contributed by atoms with Gasteiger partial charge in [0.15, 0.2) is 5.78 Å². The number of hydrogen-bond acceptors (Lipinski definition) is 3. The van der Waals surface area contributed by atoms with Crippen LogP contribution >= 0.6 is 0 Å². The second-order valence-electron chi connectivity index (χ2n) is 6.11. The van der Waals surface area contributed by atoms with E-state index in [0.717, 1.165) is 25.7 Å². The first-order valence-electron chi connectivity index (χ1n) is 8.16. The predicted molar refractivity (Wildman–Crippen MR) is 89.5 cm³/mol. The molecule has 0 heterocycles. The summed E-state index contributed by atoms with van der Waals surface area (Å²) in [5.74, 6) is -0.358. The zero-order chi connectivity index (χ0) is 16.8. The molecule has 1 aromatic rings. The van der Waals surface area contributed by atoms with E-state index in [0.29, 0.717) is 11.3 Å². The lowest BCUT2D eigenvalue weighted by Crippen LogP contribution is -2.44. The second kappa shape index (κ2) is 7.90. The van der Waals surface area contributed by atoms with Gasteiger partial charge in [-0.1, -0.05) is 19.3 Å². The van der Waals surface area contributed by atoms with E-state index in [1.165, 1.54) is 25.2 Å². The van der Waals surface area contributed by atoms with Crippen molar-refractivity contribution in [3.63, 3.8) is 0 Å². The summed E-state index contributed by atoms with van der Waals surface area (Å²) in [5.41, 5.74) is 1.21. The highest BCUT2D eigenvalue weighted by atomic mass is 16.2. The molecule has 0 radical (unpaired) electrons. The lowest BCUT2D eigenvalue weighted by atomic mass is 9.95. The molecule has 23 heavy (non-hydrogen) atoms. The normalized spacial score (nSPS) is 15.0. The van der Waals surface area contributed by atoms with E-state index < -0.39 is 0 Å². The fourth-order valence-electron chi connectivity index (χ4n) is 2.92. The Bertz CT molecular complexity index is 574. The Morgan fingerprint density at radius 2 is 1.65 bits per heavy atom. The van der Waals surface area contributed by atoms with Crippen molar-refractivity contribution < 1.29 is 14.4 Å². The number of rotatable bonds is 5. The SMILES string of the molecule is CC(=O)c1ccc(N(CC(=O)NC2CCCCC2)C(C)=O)cc1. The Hall–Kier alpha value is -2.17. The van der Waals surface area contributed by atoms with E-state index in [1.807, 2.05) is 0 Å². The molecule has 1 aliphatic rings. The third kappa shape index (κ3) is 4.91. The smallest absolute Gasteiger partial charge is 0.240 e. The van der Waals surface area contributed by atoms with Crippen LogP contribution in [0.3, 0.4) is 0 Å². The monoisotopic (exact) mass is 316 g/mol. The lowest BCUT2D eigenvalue weighted by molar-refractivity contribution is -0.123. The van der Waals surface area contributed by atoms with Crippen molar-refractivity contribution in [3.8, 4) is 0 Å². The first-order valence-corrected chi connectivity index (χ1v) is 8.16. The topological polar surface area (TPSA) is 66.5 Å². The van der Waals surface area contributed by atoms with Gasteiger partial charge in [0.25, 0.3) is 0 Å². The summed E-state index contributed by atoms with van der Waals surface area (Å²) < 4.78 is 0. The van der Waals surface area contributed by atoms with Crippen molar-refractivity contribution in [1.82, 2.24) is 5.32 Å². The number of nitrogens with zero attached hydrogens (tertiary/aromatic N) is 1. The van der Waals surface area contributed by atoms with Gasteiger partial charge in [-0.3, -0.25) is 14.4 Å². The first-order chi connectivity index (χ1) is 11.0. The molecule has 0 atom stereocenters. The van der Waals surface area contributed by atoms with E-state index in [2.05, 4.69) is 5.32 Å². The molecule has 1 aromatic carbocycles. The maximum absolute atomic E-state index is 12.2. The van der Waals surface area contributed by atoms with E-state index in [4.69, 9.17) is 0 Å². The molecule has 1 fully saturated rings. The summed E-state index contributed by atoms with van der Waals surface area (Å²) in [7, 11) is 0. The molecule has 0 aromatic heterocycles. The number of ketones is 1. The van der Waals surface area contributed by atoms with Crippen LogP contribution in [0.2, 0.25) is 0 Å². The average Bonchev–Trinajstić information content (AvgIpc) is 2.53. The minimum absolute atomic E-state index is 0.00521. The van der Waals surface area contributed by atoms with Gasteiger partial charge in [0.05, 0.1) is 0 Å². The minimum atomic E-state index is -0.195. The molecule has 5 heteroatoms. The largest absolute Gasteiger partial charge is 0.352 e. The van der Waals surface area contributed by atoms with Crippen molar-refractivity contribution in [2.24, 2.45) is 0 Å². The summed E-state index contributed by atoms with van der Waals surface area (Å²) in [6, 6.07) is 6.97. The van der Waals surface area contributed by atoms with Gasteiger partial charge in [-0.05, 0) is 44.0 Å². The van der Waals surface area contributed by atoms with Crippen molar-refractivity contribution in [2.75, 3.05) is 11.4 Å². The van der Waals surface area contributed by atoms with Gasteiger partial charge >= 0.3 is 0 Å². The zero-order valence-corrected chi connectivity index (χ0v) is 13.8. The summed E-state index contributed by atoms with van der Waals surface area (Å²) in [6.07, 6.45) is 5.55. The van der Waals surface area contributed by atoms with Gasteiger partial charge in [0.1, 0.15) is 6.54 Å². The van der Waals surface area contributed by atoms with Crippen molar-refractivity contribution in [2.45, 2.75) is 52.0 Å². The molecule has 2 amide bonds. The van der Waals surface area contributed by atoms with Gasteiger partial charge in [-0.2, -0.15) is 0 Å². The van der Waals surface area contributed by atoms with Crippen molar-refractivity contribution in [3.05, 3.63) is 29.8 Å². The fourth-order valence-corrected chi connectivity index (χ4v) is 2.92. The number of anilines is 1. The number of carbonyl (C=O) groups is 3. The number of benzene rings is 1. The van der Waals surface area contributed by atoms with Crippen molar-refractivity contribution in [1.29, 1.82) is 0 Å². The maximum Gasteiger partial charge on any atom is 0.240 e. The fraction of sp³-hybridized carbons (Fsp3) is 0.500. The summed E-state index contributed by atoms with van der Waals surface area (Å²) in [5, 5.41) is 3.02. The highest BCUT2D eigenvalue weighted by Gasteiger charge is 2.20. The molecule has 0 aliphatic heterocycles. The molecule has 1 saturated carbocycles. The van der Waals surface area contributed by atoms with Gasteiger partial charge in [0.2, 0.25) is 11.8 Å². The van der Waals surface area contributed by atoms with Crippen LogP contribution in [0.15, 0.2) is 24.3 Å². The van der Waals surface area contributed by atoms with Gasteiger partial charge in [-0.15, -0.1) is 0 Å². The van der Waals surface area contributed by atoms with E-state index >= 15 is 0 Å². The number of amides is 2. The molecule has 124 valence electrons.